The van der Waals surface area contributed by atoms with Crippen LogP contribution in [-0.4, -0.2) is 15.0 Å². The Morgan fingerprint density at radius 3 is 1.89 bits per heavy atom. The maximum Gasteiger partial charge on any atom is 0.160 e. The first kappa shape index (κ1) is 32.2. The number of rotatable bonds is 6. The molecule has 4 nitrogen and oxygen atoms in total. The van der Waals surface area contributed by atoms with Gasteiger partial charge in [0, 0.05) is 65.6 Å². The van der Waals surface area contributed by atoms with E-state index in [0.717, 1.165) is 83.4 Å². The van der Waals surface area contributed by atoms with Crippen LogP contribution < -0.4 is 0 Å². The lowest BCUT2D eigenvalue weighted by Gasteiger charge is -2.13. The smallest absolute Gasteiger partial charge is 0.160 e. The summed E-state index contributed by atoms with van der Waals surface area (Å²) in [5.74, 6) is 0.670. The lowest BCUT2D eigenvalue weighted by molar-refractivity contribution is 0.670. The van der Waals surface area contributed by atoms with E-state index in [1.165, 1.54) is 20.2 Å². The van der Waals surface area contributed by atoms with Gasteiger partial charge >= 0.3 is 0 Å². The molecule has 4 aromatic heterocycles. The Labute approximate surface area is 327 Å². The van der Waals surface area contributed by atoms with E-state index in [1.54, 1.807) is 0 Å². The standard InChI is InChI=1S/C51H31N3OS/c1-2-10-34(11-3-1)44-31-45(40-13-5-4-12-37(40)33-26-28-52-29-27-33)54-51(53-44)35-20-18-32(19-21-35)38-24-25-39(50-49(38)43-15-6-8-16-46(43)55-50)36-22-23-42-41-14-7-9-17-47(41)56-48(42)30-36/h1-31H. The van der Waals surface area contributed by atoms with Gasteiger partial charge in [0.05, 0.1) is 11.4 Å². The number of furan rings is 1. The number of aromatic nitrogens is 3. The molecule has 0 aliphatic rings. The molecule has 0 spiro atoms. The molecule has 5 heteroatoms. The van der Waals surface area contributed by atoms with Crippen LogP contribution in [0.1, 0.15) is 0 Å². The third-order valence-electron chi connectivity index (χ3n) is 10.7. The molecule has 0 unspecified atom stereocenters. The van der Waals surface area contributed by atoms with Gasteiger partial charge in [0.2, 0.25) is 0 Å². The van der Waals surface area contributed by atoms with E-state index in [0.29, 0.717) is 5.82 Å². The van der Waals surface area contributed by atoms with E-state index in [-0.39, 0.29) is 0 Å². The third kappa shape index (κ3) is 5.48. The molecule has 0 N–H and O–H groups in total. The van der Waals surface area contributed by atoms with E-state index >= 15 is 0 Å². The molecule has 4 heterocycles. The van der Waals surface area contributed by atoms with Gasteiger partial charge in [-0.15, -0.1) is 11.3 Å². The highest BCUT2D eigenvalue weighted by molar-refractivity contribution is 7.25. The van der Waals surface area contributed by atoms with Crippen LogP contribution in [0.3, 0.4) is 0 Å². The number of thiophene rings is 1. The lowest BCUT2D eigenvalue weighted by Crippen LogP contribution is -1.97. The van der Waals surface area contributed by atoms with Crippen molar-refractivity contribution in [2.24, 2.45) is 0 Å². The molecule has 0 fully saturated rings. The molecular formula is C51H31N3OS. The normalized spacial score (nSPS) is 11.6. The number of nitrogens with zero attached hydrogens (tertiary/aromatic N) is 3. The first-order valence-electron chi connectivity index (χ1n) is 18.7. The van der Waals surface area contributed by atoms with Crippen LogP contribution in [0.2, 0.25) is 0 Å². The fourth-order valence-corrected chi connectivity index (χ4v) is 9.09. The van der Waals surface area contributed by atoms with Crippen molar-refractivity contribution in [1.82, 2.24) is 15.0 Å². The van der Waals surface area contributed by atoms with E-state index in [4.69, 9.17) is 14.4 Å². The summed E-state index contributed by atoms with van der Waals surface area (Å²) in [6.45, 7) is 0. The summed E-state index contributed by atoms with van der Waals surface area (Å²) in [7, 11) is 0. The first-order valence-corrected chi connectivity index (χ1v) is 19.5. The summed E-state index contributed by atoms with van der Waals surface area (Å²) in [6, 6.07) is 61.7. The molecule has 0 saturated carbocycles. The van der Waals surface area contributed by atoms with E-state index < -0.39 is 0 Å². The molecular weight excluding hydrogens is 703 g/mol. The maximum absolute atomic E-state index is 6.70. The average Bonchev–Trinajstić information content (AvgIpc) is 3.85. The van der Waals surface area contributed by atoms with Crippen LogP contribution in [0.5, 0.6) is 0 Å². The highest BCUT2D eigenvalue weighted by atomic mass is 32.1. The Bertz CT molecular complexity index is 3240. The Hall–Kier alpha value is -7.21. The van der Waals surface area contributed by atoms with Crippen molar-refractivity contribution >= 4 is 53.4 Å². The minimum Gasteiger partial charge on any atom is -0.455 e. The van der Waals surface area contributed by atoms with Crippen LogP contribution in [-0.2, 0) is 0 Å². The van der Waals surface area contributed by atoms with Crippen LogP contribution in [0.25, 0.3) is 109 Å². The first-order chi connectivity index (χ1) is 27.7. The van der Waals surface area contributed by atoms with Gasteiger partial charge in [-0.2, -0.15) is 0 Å². The van der Waals surface area contributed by atoms with Crippen molar-refractivity contribution in [3.8, 4) is 67.3 Å². The summed E-state index contributed by atoms with van der Waals surface area (Å²) in [5, 5.41) is 4.80. The predicted octanol–water partition coefficient (Wildman–Crippen LogP) is 14.1. The van der Waals surface area contributed by atoms with Gasteiger partial charge in [-0.05, 0) is 70.3 Å². The van der Waals surface area contributed by atoms with Crippen LogP contribution in [0.4, 0.5) is 0 Å². The van der Waals surface area contributed by atoms with Crippen LogP contribution in [0.15, 0.2) is 193 Å². The molecule has 7 aromatic carbocycles. The minimum absolute atomic E-state index is 0.670. The summed E-state index contributed by atoms with van der Waals surface area (Å²) in [5.41, 5.74) is 13.1. The molecule has 11 rings (SSSR count). The van der Waals surface area contributed by atoms with Crippen molar-refractivity contribution < 1.29 is 4.42 Å². The van der Waals surface area contributed by atoms with Crippen molar-refractivity contribution in [1.29, 1.82) is 0 Å². The number of para-hydroxylation sites is 1. The van der Waals surface area contributed by atoms with Gasteiger partial charge in [0.1, 0.15) is 11.2 Å². The average molecular weight is 734 g/mol. The maximum atomic E-state index is 6.70. The van der Waals surface area contributed by atoms with Crippen molar-refractivity contribution in [3.63, 3.8) is 0 Å². The molecule has 0 amide bonds. The fraction of sp³-hybridized carbons (Fsp3) is 0. The third-order valence-corrected chi connectivity index (χ3v) is 11.8. The Balaban J connectivity index is 1.03. The van der Waals surface area contributed by atoms with Crippen LogP contribution >= 0.6 is 11.3 Å². The second kappa shape index (κ2) is 13.3. The number of hydrogen-bond acceptors (Lipinski definition) is 5. The number of benzene rings is 7. The van der Waals surface area contributed by atoms with E-state index in [1.807, 2.05) is 60.1 Å². The number of pyridine rings is 1. The molecule has 56 heavy (non-hydrogen) atoms. The van der Waals surface area contributed by atoms with Gasteiger partial charge in [0.15, 0.2) is 5.82 Å². The van der Waals surface area contributed by atoms with Gasteiger partial charge in [0.25, 0.3) is 0 Å². The second-order valence-electron chi connectivity index (χ2n) is 14.0. The molecule has 0 saturated heterocycles. The van der Waals surface area contributed by atoms with Gasteiger partial charge in [-0.25, -0.2) is 9.97 Å². The van der Waals surface area contributed by atoms with Crippen molar-refractivity contribution in [2.45, 2.75) is 0 Å². The molecule has 0 radical (unpaired) electrons. The number of hydrogen-bond donors (Lipinski definition) is 0. The zero-order chi connectivity index (χ0) is 37.0. The summed E-state index contributed by atoms with van der Waals surface area (Å²) in [4.78, 5) is 14.6. The lowest BCUT2D eigenvalue weighted by atomic mass is 9.94. The topological polar surface area (TPSA) is 51.8 Å². The van der Waals surface area contributed by atoms with Gasteiger partial charge in [-0.1, -0.05) is 133 Å². The van der Waals surface area contributed by atoms with Crippen LogP contribution in [0, 0.1) is 0 Å². The summed E-state index contributed by atoms with van der Waals surface area (Å²) < 4.78 is 9.27. The van der Waals surface area contributed by atoms with Gasteiger partial charge < -0.3 is 4.42 Å². The molecule has 262 valence electrons. The summed E-state index contributed by atoms with van der Waals surface area (Å²) in [6.07, 6.45) is 3.65. The minimum atomic E-state index is 0.670. The number of fused-ring (bicyclic) bond motifs is 6. The largest absolute Gasteiger partial charge is 0.455 e. The van der Waals surface area contributed by atoms with Crippen molar-refractivity contribution in [3.05, 3.63) is 188 Å². The zero-order valence-corrected chi connectivity index (χ0v) is 30.9. The molecule has 0 atom stereocenters. The fourth-order valence-electron chi connectivity index (χ4n) is 7.95. The SMILES string of the molecule is c1ccc(-c2cc(-c3ccccc3-c3ccncc3)nc(-c3ccc(-c4ccc(-c5ccc6c(c5)sc5ccccc56)c5oc6ccccc6c45)cc3)n2)cc1. The van der Waals surface area contributed by atoms with E-state index in [2.05, 4.69) is 145 Å². The highest BCUT2D eigenvalue weighted by Crippen LogP contribution is 2.44. The second-order valence-corrected chi connectivity index (χ2v) is 15.0. The van der Waals surface area contributed by atoms with Gasteiger partial charge in [-0.3, -0.25) is 4.98 Å². The van der Waals surface area contributed by atoms with Crippen molar-refractivity contribution in [2.75, 3.05) is 0 Å². The Morgan fingerprint density at radius 1 is 0.393 bits per heavy atom. The van der Waals surface area contributed by atoms with E-state index in [9.17, 15) is 0 Å². The molecule has 0 aliphatic heterocycles. The molecule has 0 bridgehead atoms. The quantitative estimate of drug-likeness (QED) is 0.171. The molecule has 0 aliphatic carbocycles. The Morgan fingerprint density at radius 2 is 1.04 bits per heavy atom. The predicted molar refractivity (Wildman–Crippen MR) is 233 cm³/mol. The summed E-state index contributed by atoms with van der Waals surface area (Å²) >= 11 is 1.84. The highest BCUT2D eigenvalue weighted by Gasteiger charge is 2.19. The Kier molecular flexibility index (Phi) is 7.64. The monoisotopic (exact) mass is 733 g/mol. The molecule has 11 aromatic rings. The zero-order valence-electron chi connectivity index (χ0n) is 30.1.